The van der Waals surface area contributed by atoms with Gasteiger partial charge in [-0.05, 0) is 37.3 Å². The van der Waals surface area contributed by atoms with Crippen LogP contribution in [0, 0.1) is 6.92 Å². The summed E-state index contributed by atoms with van der Waals surface area (Å²) in [6.07, 6.45) is -4.62. The Morgan fingerprint density at radius 2 is 1.73 bits per heavy atom. The van der Waals surface area contributed by atoms with Gasteiger partial charge in [0.25, 0.3) is 0 Å². The molecule has 0 amide bonds. The Morgan fingerprint density at radius 3 is 2.50 bits per heavy atom. The zero-order valence-electron chi connectivity index (χ0n) is 14.0. The molecule has 0 aliphatic heterocycles. The summed E-state index contributed by atoms with van der Waals surface area (Å²) >= 11 is 0. The number of halogens is 3. The van der Waals surface area contributed by atoms with Gasteiger partial charge in [-0.1, -0.05) is 12.1 Å². The van der Waals surface area contributed by atoms with Crippen LogP contribution >= 0.6 is 0 Å². The van der Waals surface area contributed by atoms with Crippen LogP contribution in [0.2, 0.25) is 0 Å². The summed E-state index contributed by atoms with van der Waals surface area (Å²) in [5, 5.41) is 8.88. The molecule has 0 aliphatic rings. The highest BCUT2D eigenvalue weighted by molar-refractivity contribution is 5.92. The molecule has 2 aromatic heterocycles. The van der Waals surface area contributed by atoms with Crippen molar-refractivity contribution in [2.24, 2.45) is 7.05 Å². The number of nitrogens with one attached hydrogen (secondary N) is 1. The number of rotatable bonds is 2. The highest BCUT2D eigenvalue weighted by atomic mass is 19.4. The molecular formula is C18H14F3N5. The minimum absolute atomic E-state index is 0.106. The van der Waals surface area contributed by atoms with Crippen molar-refractivity contribution in [2.45, 2.75) is 13.1 Å². The Labute approximate surface area is 146 Å². The van der Waals surface area contributed by atoms with E-state index in [-0.39, 0.29) is 11.3 Å². The van der Waals surface area contributed by atoms with Crippen molar-refractivity contribution < 1.29 is 13.2 Å². The summed E-state index contributed by atoms with van der Waals surface area (Å²) in [6.45, 7) is 1.95. The molecule has 0 unspecified atom stereocenters. The van der Waals surface area contributed by atoms with Crippen molar-refractivity contribution in [3.63, 3.8) is 0 Å². The van der Waals surface area contributed by atoms with Crippen molar-refractivity contribution in [1.29, 1.82) is 0 Å². The molecular weight excluding hydrogens is 343 g/mol. The van der Waals surface area contributed by atoms with Crippen molar-refractivity contribution >= 4 is 33.3 Å². The van der Waals surface area contributed by atoms with E-state index in [1.807, 2.05) is 20.0 Å². The predicted molar refractivity (Wildman–Crippen MR) is 93.3 cm³/mol. The Hall–Kier alpha value is -3.16. The van der Waals surface area contributed by atoms with Crippen LogP contribution < -0.4 is 5.32 Å². The lowest BCUT2D eigenvalue weighted by Crippen LogP contribution is -2.12. The SMILES string of the molecule is Cc1c2ccc(Nc3nc(C(F)(F)F)nc4ccccc34)cc2nn1C. The first-order chi connectivity index (χ1) is 12.3. The molecule has 0 fully saturated rings. The molecule has 0 saturated carbocycles. The van der Waals surface area contributed by atoms with E-state index in [2.05, 4.69) is 20.4 Å². The van der Waals surface area contributed by atoms with Gasteiger partial charge in [-0.2, -0.15) is 18.3 Å². The third-order valence-electron chi connectivity index (χ3n) is 4.25. The average molecular weight is 357 g/mol. The first kappa shape index (κ1) is 16.3. The third-order valence-corrected chi connectivity index (χ3v) is 4.25. The van der Waals surface area contributed by atoms with Crippen LogP contribution in [0.4, 0.5) is 24.7 Å². The smallest absolute Gasteiger partial charge is 0.340 e. The van der Waals surface area contributed by atoms with E-state index in [0.717, 1.165) is 16.6 Å². The van der Waals surface area contributed by atoms with Crippen molar-refractivity contribution in [2.75, 3.05) is 5.32 Å². The first-order valence-electron chi connectivity index (χ1n) is 7.87. The number of hydrogen-bond donors (Lipinski definition) is 1. The molecule has 0 bridgehead atoms. The van der Waals surface area contributed by atoms with E-state index in [0.29, 0.717) is 11.1 Å². The Morgan fingerprint density at radius 1 is 0.962 bits per heavy atom. The molecule has 5 nitrogen and oxygen atoms in total. The van der Waals surface area contributed by atoms with E-state index in [9.17, 15) is 13.2 Å². The molecule has 0 radical (unpaired) electrons. The molecule has 4 aromatic rings. The number of benzene rings is 2. The molecule has 2 aromatic carbocycles. The topological polar surface area (TPSA) is 55.6 Å². The second kappa shape index (κ2) is 5.69. The number of aromatic nitrogens is 4. The Bertz CT molecular complexity index is 1130. The molecule has 2 heterocycles. The zero-order chi connectivity index (χ0) is 18.5. The predicted octanol–water partition coefficient (Wildman–Crippen LogP) is 4.59. The fraction of sp³-hybridized carbons (Fsp3) is 0.167. The summed E-state index contributed by atoms with van der Waals surface area (Å²) in [5.41, 5.74) is 2.60. The summed E-state index contributed by atoms with van der Waals surface area (Å²) < 4.78 is 41.1. The number of nitrogens with zero attached hydrogens (tertiary/aromatic N) is 4. The van der Waals surface area contributed by atoms with Gasteiger partial charge < -0.3 is 5.32 Å². The monoisotopic (exact) mass is 357 g/mol. The number of aryl methyl sites for hydroxylation is 2. The van der Waals surface area contributed by atoms with Crippen LogP contribution in [-0.2, 0) is 13.2 Å². The quantitative estimate of drug-likeness (QED) is 0.570. The largest absolute Gasteiger partial charge is 0.451 e. The zero-order valence-corrected chi connectivity index (χ0v) is 14.0. The fourth-order valence-corrected chi connectivity index (χ4v) is 2.84. The molecule has 0 spiro atoms. The van der Waals surface area contributed by atoms with Crippen LogP contribution in [0.25, 0.3) is 21.8 Å². The summed E-state index contributed by atoms with van der Waals surface area (Å²) in [4.78, 5) is 7.32. The van der Waals surface area contributed by atoms with E-state index in [4.69, 9.17) is 0 Å². The first-order valence-corrected chi connectivity index (χ1v) is 7.87. The molecule has 26 heavy (non-hydrogen) atoms. The fourth-order valence-electron chi connectivity index (χ4n) is 2.84. The summed E-state index contributed by atoms with van der Waals surface area (Å²) in [7, 11) is 1.84. The van der Waals surface area contributed by atoms with Gasteiger partial charge >= 0.3 is 6.18 Å². The van der Waals surface area contributed by atoms with Gasteiger partial charge in [-0.25, -0.2) is 9.97 Å². The number of hydrogen-bond acceptors (Lipinski definition) is 4. The maximum Gasteiger partial charge on any atom is 0.451 e. The van der Waals surface area contributed by atoms with Crippen LogP contribution in [0.5, 0.6) is 0 Å². The minimum Gasteiger partial charge on any atom is -0.340 e. The third kappa shape index (κ3) is 2.73. The molecule has 132 valence electrons. The molecule has 4 rings (SSSR count). The van der Waals surface area contributed by atoms with Crippen molar-refractivity contribution in [3.8, 4) is 0 Å². The van der Waals surface area contributed by atoms with Crippen molar-refractivity contribution in [3.05, 3.63) is 54.0 Å². The lowest BCUT2D eigenvalue weighted by molar-refractivity contribution is -0.144. The second-order valence-electron chi connectivity index (χ2n) is 5.98. The number of anilines is 2. The number of alkyl halides is 3. The van der Waals surface area contributed by atoms with E-state index < -0.39 is 12.0 Å². The van der Waals surface area contributed by atoms with Crippen LogP contribution in [0.3, 0.4) is 0 Å². The van der Waals surface area contributed by atoms with E-state index in [1.165, 1.54) is 6.07 Å². The van der Waals surface area contributed by atoms with Gasteiger partial charge in [-0.15, -0.1) is 0 Å². The molecule has 0 aliphatic carbocycles. The van der Waals surface area contributed by atoms with E-state index in [1.54, 1.807) is 35.0 Å². The number of para-hydroxylation sites is 1. The maximum atomic E-state index is 13.1. The standard InChI is InChI=1S/C18H14F3N5/c1-10-12-8-7-11(9-15(12)25-26(10)2)22-16-13-5-3-4-6-14(13)23-17(24-16)18(19,20)21/h3-9H,1-2H3,(H,22,23,24). The maximum absolute atomic E-state index is 13.1. The van der Waals surface area contributed by atoms with Crippen LogP contribution in [0.1, 0.15) is 11.5 Å². The van der Waals surface area contributed by atoms with Gasteiger partial charge in [0, 0.05) is 29.2 Å². The molecule has 0 saturated heterocycles. The normalized spacial score (nSPS) is 12.0. The van der Waals surface area contributed by atoms with Gasteiger partial charge in [0.05, 0.1) is 11.0 Å². The Balaban J connectivity index is 1.83. The highest BCUT2D eigenvalue weighted by Gasteiger charge is 2.35. The lowest BCUT2D eigenvalue weighted by atomic mass is 10.2. The van der Waals surface area contributed by atoms with E-state index >= 15 is 0 Å². The van der Waals surface area contributed by atoms with Gasteiger partial charge in [0.2, 0.25) is 5.82 Å². The van der Waals surface area contributed by atoms with Gasteiger partial charge in [-0.3, -0.25) is 4.68 Å². The second-order valence-corrected chi connectivity index (χ2v) is 5.98. The Kier molecular flexibility index (Phi) is 3.57. The minimum atomic E-state index is -4.62. The average Bonchev–Trinajstić information content (AvgIpc) is 2.88. The highest BCUT2D eigenvalue weighted by Crippen LogP contribution is 2.32. The summed E-state index contributed by atoms with van der Waals surface area (Å²) in [6, 6.07) is 12.0. The molecule has 0 atom stereocenters. The molecule has 1 N–H and O–H groups in total. The van der Waals surface area contributed by atoms with Gasteiger partial charge in [0.15, 0.2) is 0 Å². The van der Waals surface area contributed by atoms with Crippen molar-refractivity contribution in [1.82, 2.24) is 19.7 Å². The number of fused-ring (bicyclic) bond motifs is 2. The molecule has 8 heteroatoms. The van der Waals surface area contributed by atoms with Crippen LogP contribution in [-0.4, -0.2) is 19.7 Å². The van der Waals surface area contributed by atoms with Crippen LogP contribution in [0.15, 0.2) is 42.5 Å². The van der Waals surface area contributed by atoms with Gasteiger partial charge in [0.1, 0.15) is 5.82 Å². The summed E-state index contributed by atoms with van der Waals surface area (Å²) in [5.74, 6) is -1.07. The lowest BCUT2D eigenvalue weighted by Gasteiger charge is -2.12.